The lowest BCUT2D eigenvalue weighted by molar-refractivity contribution is -0.489. The molecule has 0 N–H and O–H groups in total. The molecule has 1 fully saturated rings. The van der Waals surface area contributed by atoms with Gasteiger partial charge in [0.15, 0.2) is 0 Å². The molecule has 0 bridgehead atoms. The third-order valence-corrected chi connectivity index (χ3v) is 8.34. The molecule has 1 aliphatic carbocycles. The van der Waals surface area contributed by atoms with E-state index in [1.54, 1.807) is 0 Å². The summed E-state index contributed by atoms with van der Waals surface area (Å²) in [5, 5.41) is 0. The molecule has 3 nitrogen and oxygen atoms in total. The molecule has 1 rings (SSSR count). The highest BCUT2D eigenvalue weighted by Gasteiger charge is 3.01. The first-order valence-electron chi connectivity index (χ1n) is 14.6. The molecule has 0 radical (unpaired) electrons. The van der Waals surface area contributed by atoms with Crippen molar-refractivity contribution in [1.29, 1.82) is 0 Å². The number of carbonyl (C=O) groups is 1. The molecule has 0 aromatic rings. The Balaban J connectivity index is 3.68. The number of hydrogen-bond acceptors (Lipinski definition) is 3. The van der Waals surface area contributed by atoms with Crippen molar-refractivity contribution in [3.05, 3.63) is 0 Å². The van der Waals surface area contributed by atoms with Crippen LogP contribution in [0, 0.1) is 5.92 Å². The number of halogens is 31. The molecule has 352 valence electrons. The van der Waals surface area contributed by atoms with Gasteiger partial charge < -0.3 is 9.47 Å². The van der Waals surface area contributed by atoms with E-state index in [2.05, 4.69) is 9.47 Å². The van der Waals surface area contributed by atoms with E-state index in [0.717, 1.165) is 12.8 Å². The lowest BCUT2D eigenvalue weighted by atomic mass is 9.83. The summed E-state index contributed by atoms with van der Waals surface area (Å²) in [6, 6.07) is 0. The predicted octanol–water partition coefficient (Wildman–Crippen LogP) is 11.6. The molecule has 0 aromatic carbocycles. The van der Waals surface area contributed by atoms with Gasteiger partial charge in [-0.2, -0.15) is 136 Å². The quantitative estimate of drug-likeness (QED) is 0.0693. The second-order valence-electron chi connectivity index (χ2n) is 12.2. The second kappa shape index (κ2) is 15.3. The molecule has 0 aromatic heterocycles. The highest BCUT2D eigenvalue weighted by atomic mass is 19.4. The Labute approximate surface area is 304 Å². The zero-order valence-corrected chi connectivity index (χ0v) is 27.2. The van der Waals surface area contributed by atoms with Crippen LogP contribution in [0.3, 0.4) is 0 Å². The number of carbonyl (C=O) groups excluding carboxylic acids is 1. The predicted molar refractivity (Wildman–Crippen MR) is 124 cm³/mol. The van der Waals surface area contributed by atoms with E-state index in [4.69, 9.17) is 0 Å². The van der Waals surface area contributed by atoms with E-state index in [1.807, 2.05) is 0 Å². The summed E-state index contributed by atoms with van der Waals surface area (Å²) in [5.41, 5.74) is 0. The maximum Gasteiger partial charge on any atom is 0.460 e. The fraction of sp³-hybridized carbons (Fsp3) is 0.960. The van der Waals surface area contributed by atoms with Crippen molar-refractivity contribution in [3.8, 4) is 0 Å². The van der Waals surface area contributed by atoms with Crippen molar-refractivity contribution in [3.63, 3.8) is 0 Å². The lowest BCUT2D eigenvalue weighted by Crippen LogP contribution is -2.79. The molecule has 34 heteroatoms. The third-order valence-electron chi connectivity index (χ3n) is 8.34. The van der Waals surface area contributed by atoms with Gasteiger partial charge in [-0.1, -0.05) is 25.7 Å². The van der Waals surface area contributed by atoms with Gasteiger partial charge in [0.1, 0.15) is 6.61 Å². The Hall–Kier alpha value is -2.74. The van der Waals surface area contributed by atoms with Crippen LogP contribution < -0.4 is 0 Å². The van der Waals surface area contributed by atoms with E-state index in [-0.39, 0.29) is 18.9 Å². The lowest BCUT2D eigenvalue weighted by Gasteiger charge is -2.46. The molecule has 0 saturated heterocycles. The number of esters is 1. The van der Waals surface area contributed by atoms with Crippen LogP contribution in [0.5, 0.6) is 0 Å². The molecule has 59 heavy (non-hydrogen) atoms. The maximum atomic E-state index is 14.1. The smallest absolute Gasteiger partial charge is 0.459 e. The van der Waals surface area contributed by atoms with Gasteiger partial charge in [-0.3, -0.25) is 0 Å². The number of ether oxygens (including phenoxy) is 2. The minimum atomic E-state index is -10.1. The first-order valence-corrected chi connectivity index (χ1v) is 14.6. The summed E-state index contributed by atoms with van der Waals surface area (Å²) in [7, 11) is 0. The molecule has 1 saturated carbocycles. The van der Waals surface area contributed by atoms with E-state index in [9.17, 15) is 141 Å². The van der Waals surface area contributed by atoms with Crippen LogP contribution in [0.25, 0.3) is 0 Å². The van der Waals surface area contributed by atoms with Crippen molar-refractivity contribution in [2.24, 2.45) is 5.92 Å². The summed E-state index contributed by atoms with van der Waals surface area (Å²) >= 11 is 0. The van der Waals surface area contributed by atoms with Crippen LogP contribution in [0.15, 0.2) is 0 Å². The minimum Gasteiger partial charge on any atom is -0.459 e. The Morgan fingerprint density at radius 3 is 0.881 bits per heavy atom. The molecule has 0 spiro atoms. The largest absolute Gasteiger partial charge is 0.460 e. The van der Waals surface area contributed by atoms with Gasteiger partial charge in [-0.25, -0.2) is 4.79 Å². The average molecular weight is 954 g/mol. The highest BCUT2D eigenvalue weighted by Crippen LogP contribution is 2.69. The second-order valence-corrected chi connectivity index (χ2v) is 12.2. The average Bonchev–Trinajstić information content (AvgIpc) is 3.58. The van der Waals surface area contributed by atoms with Crippen molar-refractivity contribution in [1.82, 2.24) is 0 Å². The Morgan fingerprint density at radius 2 is 0.610 bits per heavy atom. The SMILES string of the molecule is O=C(OCCOCCC1CCCC1)C(F)(F)C(F)(F)C(F)(F)C(F)(F)C(F)(F)C(F)(F)C(F)(F)C(F)(F)C(F)(F)C(F)(F)C(F)(F)C(F)(F)C(F)(F)C(F)(F)C(F)(F)F. The monoisotopic (exact) mass is 954 g/mol. The van der Waals surface area contributed by atoms with Gasteiger partial charge in [0.25, 0.3) is 0 Å². The highest BCUT2D eigenvalue weighted by molar-refractivity contribution is 5.79. The minimum absolute atomic E-state index is 0.0233. The van der Waals surface area contributed by atoms with E-state index in [0.29, 0.717) is 12.8 Å². The number of alkyl halides is 31. The van der Waals surface area contributed by atoms with Crippen LogP contribution in [-0.4, -0.2) is 115 Å². The zero-order chi connectivity index (χ0) is 47.7. The van der Waals surface area contributed by atoms with E-state index in [1.165, 1.54) is 0 Å². The summed E-state index contributed by atoms with van der Waals surface area (Å²) in [6.07, 6.45) is -5.34. The van der Waals surface area contributed by atoms with Crippen LogP contribution >= 0.6 is 0 Å². The number of rotatable bonds is 20. The van der Waals surface area contributed by atoms with E-state index < -0.39 is 108 Å². The molecule has 1 aliphatic rings. The molecule has 0 atom stereocenters. The van der Waals surface area contributed by atoms with Crippen LogP contribution in [0.1, 0.15) is 32.1 Å². The fourth-order valence-electron chi connectivity index (χ4n) is 4.61. The third kappa shape index (κ3) is 7.43. The van der Waals surface area contributed by atoms with Gasteiger partial charge in [-0.05, 0) is 12.3 Å². The van der Waals surface area contributed by atoms with Crippen molar-refractivity contribution in [2.75, 3.05) is 19.8 Å². The molecular weight excluding hydrogens is 937 g/mol. The summed E-state index contributed by atoms with van der Waals surface area (Å²) in [4.78, 5) is 11.3. The van der Waals surface area contributed by atoms with Crippen molar-refractivity contribution in [2.45, 2.75) is 121 Å². The molecule has 0 unspecified atom stereocenters. The number of hydrogen-bond donors (Lipinski definition) is 0. The van der Waals surface area contributed by atoms with Gasteiger partial charge in [0, 0.05) is 6.61 Å². The summed E-state index contributed by atoms with van der Waals surface area (Å²) in [5.74, 6) is -138. The Bertz CT molecular complexity index is 1470. The van der Waals surface area contributed by atoms with Gasteiger partial charge >= 0.3 is 95.1 Å². The van der Waals surface area contributed by atoms with Crippen molar-refractivity contribution >= 4 is 5.97 Å². The Kier molecular flexibility index (Phi) is 14.0. The topological polar surface area (TPSA) is 35.5 Å². The van der Waals surface area contributed by atoms with Crippen LogP contribution in [-0.2, 0) is 14.3 Å². The first-order chi connectivity index (χ1) is 25.5. The normalized spacial score (nSPS) is 17.8. The van der Waals surface area contributed by atoms with Gasteiger partial charge in [0.05, 0.1) is 6.61 Å². The summed E-state index contributed by atoms with van der Waals surface area (Å²) < 4.78 is 431. The van der Waals surface area contributed by atoms with E-state index >= 15 is 0 Å². The van der Waals surface area contributed by atoms with Gasteiger partial charge in [0.2, 0.25) is 0 Å². The Morgan fingerprint density at radius 1 is 0.356 bits per heavy atom. The van der Waals surface area contributed by atoms with Crippen LogP contribution in [0.2, 0.25) is 0 Å². The van der Waals surface area contributed by atoms with Gasteiger partial charge in [-0.15, -0.1) is 0 Å². The summed E-state index contributed by atoms with van der Waals surface area (Å²) in [6.45, 7) is -3.21. The zero-order valence-electron chi connectivity index (χ0n) is 27.2. The first kappa shape index (κ1) is 54.3. The molecule has 0 heterocycles. The maximum absolute atomic E-state index is 14.1. The molecule has 0 aliphatic heterocycles. The standard InChI is InChI=1S/C25H17F31O3/c26-11(27,10(57)59-8-7-58-6-5-9-3-1-2-4-9)12(28,29)13(30,31)14(32,33)15(34,35)16(36,37)17(38,39)18(40,41)19(42,43)20(44,45)21(46,47)22(48,49)23(50,51)24(52,53)25(54,55)56/h9H,1-8H2. The van der Waals surface area contributed by atoms with Crippen molar-refractivity contribution < 1.29 is 150 Å². The molecular formula is C25H17F31O3. The molecule has 0 amide bonds. The fourth-order valence-corrected chi connectivity index (χ4v) is 4.61. The van der Waals surface area contributed by atoms with Crippen LogP contribution in [0.4, 0.5) is 136 Å².